The van der Waals surface area contributed by atoms with Crippen LogP contribution in [0.25, 0.3) is 0 Å². The van der Waals surface area contributed by atoms with Crippen LogP contribution in [0.15, 0.2) is 0 Å². The molecule has 0 unspecified atom stereocenters. The molecule has 0 aromatic heterocycles. The largest absolute Gasteiger partial charge is 0.316 e. The van der Waals surface area contributed by atoms with E-state index in [2.05, 4.69) is 0 Å². The number of carbonyl (C=O) groups is 1. The van der Waals surface area contributed by atoms with Crippen molar-refractivity contribution in [2.24, 2.45) is 5.92 Å². The van der Waals surface area contributed by atoms with Crippen molar-refractivity contribution in [2.75, 3.05) is 13.1 Å². The minimum atomic E-state index is -0.0602. The van der Waals surface area contributed by atoms with Crippen LogP contribution in [0.2, 0.25) is 0 Å². The molecular weight excluding hydrogens is 202 g/mol. The van der Waals surface area contributed by atoms with E-state index in [1.165, 1.54) is 30.6 Å². The maximum atomic E-state index is 11.7. The fraction of sp³-hybridized carbons (Fsp3) is 0.750. The molecule has 4 nitrogen and oxygen atoms in total. The molecule has 0 aromatic rings. The quantitative estimate of drug-likeness (QED) is 0.662. The number of amides is 1. The van der Waals surface area contributed by atoms with Crippen LogP contribution in [-0.2, 0) is 4.79 Å². The normalized spacial score (nSPS) is 15.4. The second kappa shape index (κ2) is 6.85. The van der Waals surface area contributed by atoms with Crippen LogP contribution >= 0.6 is 0 Å². The van der Waals surface area contributed by atoms with Gasteiger partial charge in [-0.3, -0.25) is 4.79 Å². The van der Waals surface area contributed by atoms with Gasteiger partial charge in [0.1, 0.15) is 13.1 Å². The summed E-state index contributed by atoms with van der Waals surface area (Å²) < 4.78 is 0. The zero-order chi connectivity index (χ0) is 11.8. The summed E-state index contributed by atoms with van der Waals surface area (Å²) in [5.41, 5.74) is 0. The topological polar surface area (TPSA) is 67.9 Å². The highest BCUT2D eigenvalue weighted by molar-refractivity contribution is 5.76. The molecule has 0 heterocycles. The number of nitrogens with zero attached hydrogens (tertiary/aromatic N) is 3. The Morgan fingerprint density at radius 2 is 1.75 bits per heavy atom. The molecule has 1 rings (SSSR count). The van der Waals surface area contributed by atoms with E-state index < -0.39 is 0 Å². The highest BCUT2D eigenvalue weighted by Gasteiger charge is 2.18. The maximum Gasteiger partial charge on any atom is 0.224 e. The molecule has 16 heavy (non-hydrogen) atoms. The predicted molar refractivity (Wildman–Crippen MR) is 59.0 cm³/mol. The second-order valence-electron chi connectivity index (χ2n) is 4.26. The van der Waals surface area contributed by atoms with Gasteiger partial charge in [-0.15, -0.1) is 0 Å². The number of nitriles is 2. The Labute approximate surface area is 96.5 Å². The third-order valence-corrected chi connectivity index (χ3v) is 3.12. The van der Waals surface area contributed by atoms with E-state index in [9.17, 15) is 4.79 Å². The lowest BCUT2D eigenvalue weighted by Gasteiger charge is -2.16. The fourth-order valence-corrected chi connectivity index (χ4v) is 2.19. The summed E-state index contributed by atoms with van der Waals surface area (Å²) in [4.78, 5) is 13.0. The zero-order valence-electron chi connectivity index (χ0n) is 9.48. The first-order chi connectivity index (χ1) is 7.77. The molecule has 1 fully saturated rings. The van der Waals surface area contributed by atoms with Crippen LogP contribution < -0.4 is 0 Å². The van der Waals surface area contributed by atoms with Crippen molar-refractivity contribution in [1.82, 2.24) is 4.90 Å². The van der Waals surface area contributed by atoms with Gasteiger partial charge in [0, 0.05) is 6.42 Å². The van der Waals surface area contributed by atoms with Gasteiger partial charge in [0.05, 0.1) is 12.1 Å². The van der Waals surface area contributed by atoms with E-state index in [-0.39, 0.29) is 19.0 Å². The highest BCUT2D eigenvalue weighted by Crippen LogP contribution is 2.28. The first-order valence-electron chi connectivity index (χ1n) is 5.79. The summed E-state index contributed by atoms with van der Waals surface area (Å²) in [5.74, 6) is 0.616. The Hall–Kier alpha value is -1.55. The van der Waals surface area contributed by atoms with Crippen molar-refractivity contribution in [2.45, 2.75) is 38.5 Å². The van der Waals surface area contributed by atoms with Crippen LogP contribution in [0.4, 0.5) is 0 Å². The SMILES string of the molecule is N#CCN(CC#N)C(=O)CCC1CCCC1. The van der Waals surface area contributed by atoms with Crippen LogP contribution in [0.3, 0.4) is 0 Å². The predicted octanol–water partition coefficient (Wildman–Crippen LogP) is 1.83. The molecule has 1 aliphatic carbocycles. The Morgan fingerprint density at radius 3 is 2.25 bits per heavy atom. The number of hydrogen-bond donors (Lipinski definition) is 0. The summed E-state index contributed by atoms with van der Waals surface area (Å²) in [6.45, 7) is 0.0497. The molecule has 86 valence electrons. The maximum absolute atomic E-state index is 11.7. The molecule has 0 saturated heterocycles. The van der Waals surface area contributed by atoms with Crippen LogP contribution in [0.1, 0.15) is 38.5 Å². The standard InChI is InChI=1S/C12H17N3O/c13-7-9-15(10-8-14)12(16)6-5-11-3-1-2-4-11/h11H,1-6,9-10H2. The van der Waals surface area contributed by atoms with Crippen molar-refractivity contribution >= 4 is 5.91 Å². The molecule has 0 aromatic carbocycles. The Kier molecular flexibility index (Phi) is 5.36. The first kappa shape index (κ1) is 12.5. The lowest BCUT2D eigenvalue weighted by Crippen LogP contribution is -2.31. The van der Waals surface area contributed by atoms with Crippen LogP contribution in [0, 0.1) is 28.6 Å². The average Bonchev–Trinajstić information content (AvgIpc) is 2.78. The Bertz CT molecular complexity index is 291. The van der Waals surface area contributed by atoms with Gasteiger partial charge in [0.25, 0.3) is 0 Å². The molecule has 0 aliphatic heterocycles. The summed E-state index contributed by atoms with van der Waals surface area (Å²) in [7, 11) is 0. The highest BCUT2D eigenvalue weighted by atomic mass is 16.2. The molecule has 0 atom stereocenters. The van der Waals surface area contributed by atoms with E-state index in [0.717, 1.165) is 6.42 Å². The van der Waals surface area contributed by atoms with Crippen molar-refractivity contribution in [3.63, 3.8) is 0 Å². The number of carbonyl (C=O) groups excluding carboxylic acids is 1. The summed E-state index contributed by atoms with van der Waals surface area (Å²) in [5, 5.41) is 17.1. The van der Waals surface area contributed by atoms with Gasteiger partial charge in [0.15, 0.2) is 0 Å². The van der Waals surface area contributed by atoms with Gasteiger partial charge < -0.3 is 4.90 Å². The lowest BCUT2D eigenvalue weighted by molar-refractivity contribution is -0.130. The summed E-state index contributed by atoms with van der Waals surface area (Å²) >= 11 is 0. The van der Waals surface area contributed by atoms with E-state index >= 15 is 0 Å². The van der Waals surface area contributed by atoms with Crippen LogP contribution in [0.5, 0.6) is 0 Å². The number of hydrogen-bond acceptors (Lipinski definition) is 3. The lowest BCUT2D eigenvalue weighted by atomic mass is 10.0. The minimum Gasteiger partial charge on any atom is -0.316 e. The minimum absolute atomic E-state index is 0.0249. The molecular formula is C12H17N3O. The zero-order valence-corrected chi connectivity index (χ0v) is 9.48. The average molecular weight is 219 g/mol. The van der Waals surface area contributed by atoms with Gasteiger partial charge in [0.2, 0.25) is 5.91 Å². The van der Waals surface area contributed by atoms with Gasteiger partial charge in [-0.1, -0.05) is 25.7 Å². The molecule has 1 aliphatic rings. The fourth-order valence-electron chi connectivity index (χ4n) is 2.19. The van der Waals surface area contributed by atoms with Gasteiger partial charge >= 0.3 is 0 Å². The molecule has 1 amide bonds. The second-order valence-corrected chi connectivity index (χ2v) is 4.26. The summed E-state index contributed by atoms with van der Waals surface area (Å²) in [6, 6.07) is 3.83. The Morgan fingerprint density at radius 1 is 1.19 bits per heavy atom. The first-order valence-corrected chi connectivity index (χ1v) is 5.79. The Balaban J connectivity index is 2.31. The van der Waals surface area contributed by atoms with Crippen molar-refractivity contribution < 1.29 is 4.79 Å². The van der Waals surface area contributed by atoms with Gasteiger partial charge in [-0.05, 0) is 12.3 Å². The van der Waals surface area contributed by atoms with Gasteiger partial charge in [-0.2, -0.15) is 10.5 Å². The summed E-state index contributed by atoms with van der Waals surface area (Å²) in [6.07, 6.45) is 6.39. The monoisotopic (exact) mass is 219 g/mol. The van der Waals surface area contributed by atoms with Crippen molar-refractivity contribution in [3.05, 3.63) is 0 Å². The van der Waals surface area contributed by atoms with Crippen LogP contribution in [-0.4, -0.2) is 23.9 Å². The van der Waals surface area contributed by atoms with E-state index in [1.54, 1.807) is 0 Å². The molecule has 1 saturated carbocycles. The van der Waals surface area contributed by atoms with E-state index in [4.69, 9.17) is 10.5 Å². The smallest absolute Gasteiger partial charge is 0.224 e. The third kappa shape index (κ3) is 3.90. The van der Waals surface area contributed by atoms with Crippen molar-refractivity contribution in [3.8, 4) is 12.1 Å². The van der Waals surface area contributed by atoms with E-state index in [0.29, 0.717) is 12.3 Å². The van der Waals surface area contributed by atoms with Crippen molar-refractivity contribution in [1.29, 1.82) is 10.5 Å². The number of rotatable bonds is 5. The molecule has 0 radical (unpaired) electrons. The van der Waals surface area contributed by atoms with E-state index in [1.807, 2.05) is 12.1 Å². The molecule has 0 N–H and O–H groups in total. The molecule has 4 heteroatoms. The van der Waals surface area contributed by atoms with Gasteiger partial charge in [-0.25, -0.2) is 0 Å². The molecule has 0 bridgehead atoms. The third-order valence-electron chi connectivity index (χ3n) is 3.12. The molecule has 0 spiro atoms.